The lowest BCUT2D eigenvalue weighted by atomic mass is 10.2. The number of halogens is 1. The van der Waals surface area contributed by atoms with Gasteiger partial charge in [0.15, 0.2) is 5.82 Å². The van der Waals surface area contributed by atoms with E-state index in [2.05, 4.69) is 25.1 Å². The molecule has 0 aliphatic carbocycles. The topological polar surface area (TPSA) is 79.8 Å². The molecule has 2 heterocycles. The monoisotopic (exact) mass is 483 g/mol. The molecule has 1 aromatic heterocycles. The van der Waals surface area contributed by atoms with Crippen molar-refractivity contribution in [2.45, 2.75) is 5.03 Å². The van der Waals surface area contributed by atoms with E-state index in [0.29, 0.717) is 22.2 Å². The normalized spacial score (nSPS) is 13.5. The Balaban J connectivity index is 1.36. The van der Waals surface area contributed by atoms with E-state index in [1.807, 2.05) is 0 Å². The number of nitrogens with one attached hydrogen (secondary N) is 1. The summed E-state index contributed by atoms with van der Waals surface area (Å²) in [6.45, 7) is 3.06. The second kappa shape index (κ2) is 11.1. The highest BCUT2D eigenvalue weighted by atomic mass is 32.2. The number of benzene rings is 2. The summed E-state index contributed by atoms with van der Waals surface area (Å²) in [6, 6.07) is 11.8. The maximum absolute atomic E-state index is 13.2. The number of hydrogen-bond acceptors (Lipinski definition) is 8. The van der Waals surface area contributed by atoms with Crippen molar-refractivity contribution in [3.8, 4) is 11.5 Å². The summed E-state index contributed by atoms with van der Waals surface area (Å²) in [5.74, 6) is 1.70. The van der Waals surface area contributed by atoms with Gasteiger partial charge in [-0.1, -0.05) is 11.8 Å². The minimum Gasteiger partial charge on any atom is -0.497 e. The van der Waals surface area contributed by atoms with Crippen LogP contribution in [0.5, 0.6) is 11.5 Å². The van der Waals surface area contributed by atoms with Crippen molar-refractivity contribution >= 4 is 34.9 Å². The van der Waals surface area contributed by atoms with E-state index in [1.165, 1.54) is 23.9 Å². The van der Waals surface area contributed by atoms with Gasteiger partial charge < -0.3 is 24.6 Å². The molecular formula is C24H26FN5O3S. The summed E-state index contributed by atoms with van der Waals surface area (Å²) in [7, 11) is 3.12. The highest BCUT2D eigenvalue weighted by Crippen LogP contribution is 2.31. The van der Waals surface area contributed by atoms with Crippen LogP contribution in [0.15, 0.2) is 59.9 Å². The number of ether oxygens (including phenoxy) is 2. The van der Waals surface area contributed by atoms with Gasteiger partial charge in [-0.05, 0) is 36.4 Å². The van der Waals surface area contributed by atoms with Crippen molar-refractivity contribution in [3.63, 3.8) is 0 Å². The summed E-state index contributed by atoms with van der Waals surface area (Å²) < 4.78 is 23.8. The molecule has 1 amide bonds. The van der Waals surface area contributed by atoms with E-state index >= 15 is 0 Å². The van der Waals surface area contributed by atoms with Crippen LogP contribution in [0.1, 0.15) is 0 Å². The molecule has 4 rings (SSSR count). The lowest BCUT2D eigenvalue weighted by molar-refractivity contribution is -0.113. The third kappa shape index (κ3) is 5.69. The Labute approximate surface area is 202 Å². The zero-order valence-corrected chi connectivity index (χ0v) is 19.8. The van der Waals surface area contributed by atoms with Crippen LogP contribution in [0.3, 0.4) is 0 Å². The SMILES string of the molecule is COc1ccc(NC(=O)CSc2nccnc2N2CCN(c3ccc(F)cc3)CC2)c(OC)c1. The Kier molecular flexibility index (Phi) is 7.69. The number of nitrogens with zero attached hydrogens (tertiary/aromatic N) is 4. The smallest absolute Gasteiger partial charge is 0.234 e. The maximum Gasteiger partial charge on any atom is 0.234 e. The minimum atomic E-state index is -0.238. The molecule has 0 bridgehead atoms. The fraction of sp³-hybridized carbons (Fsp3) is 0.292. The van der Waals surface area contributed by atoms with Gasteiger partial charge in [-0.2, -0.15) is 0 Å². The van der Waals surface area contributed by atoms with Crippen molar-refractivity contribution in [3.05, 3.63) is 60.7 Å². The van der Waals surface area contributed by atoms with Gasteiger partial charge in [0.1, 0.15) is 22.3 Å². The molecule has 1 fully saturated rings. The quantitative estimate of drug-likeness (QED) is 0.486. The van der Waals surface area contributed by atoms with Gasteiger partial charge in [-0.25, -0.2) is 14.4 Å². The fourth-order valence-corrected chi connectivity index (χ4v) is 4.47. The number of methoxy groups -OCH3 is 2. The van der Waals surface area contributed by atoms with Crippen molar-refractivity contribution in [2.24, 2.45) is 0 Å². The van der Waals surface area contributed by atoms with Crippen molar-refractivity contribution in [1.82, 2.24) is 9.97 Å². The Bertz CT molecular complexity index is 1120. The van der Waals surface area contributed by atoms with Crippen LogP contribution in [0, 0.1) is 5.82 Å². The molecule has 0 atom stereocenters. The molecular weight excluding hydrogens is 457 g/mol. The predicted molar refractivity (Wildman–Crippen MR) is 132 cm³/mol. The second-order valence-electron chi connectivity index (χ2n) is 7.54. The van der Waals surface area contributed by atoms with Gasteiger partial charge in [0, 0.05) is 50.3 Å². The van der Waals surface area contributed by atoms with Crippen LogP contribution in [0.25, 0.3) is 0 Å². The fourth-order valence-electron chi connectivity index (χ4n) is 3.69. The van der Waals surface area contributed by atoms with Crippen LogP contribution in [-0.2, 0) is 4.79 Å². The molecule has 34 heavy (non-hydrogen) atoms. The highest BCUT2D eigenvalue weighted by molar-refractivity contribution is 8.00. The lowest BCUT2D eigenvalue weighted by Crippen LogP contribution is -2.47. The molecule has 1 N–H and O–H groups in total. The number of carbonyl (C=O) groups excluding carboxylic acids is 1. The Morgan fingerprint density at radius 2 is 1.71 bits per heavy atom. The molecule has 10 heteroatoms. The van der Waals surface area contributed by atoms with Crippen LogP contribution in [-0.4, -0.2) is 62.0 Å². The average Bonchev–Trinajstić information content (AvgIpc) is 2.88. The molecule has 1 aliphatic heterocycles. The third-order valence-electron chi connectivity index (χ3n) is 5.44. The van der Waals surface area contributed by atoms with Crippen LogP contribution in [0.4, 0.5) is 21.6 Å². The predicted octanol–water partition coefficient (Wildman–Crippen LogP) is 3.69. The first-order valence-corrected chi connectivity index (χ1v) is 11.8. The van der Waals surface area contributed by atoms with Crippen LogP contribution < -0.4 is 24.6 Å². The molecule has 8 nitrogen and oxygen atoms in total. The first kappa shape index (κ1) is 23.6. The second-order valence-corrected chi connectivity index (χ2v) is 8.50. The summed E-state index contributed by atoms with van der Waals surface area (Å²) in [4.78, 5) is 26.0. The molecule has 2 aromatic carbocycles. The summed E-state index contributed by atoms with van der Waals surface area (Å²) in [5.41, 5.74) is 1.57. The van der Waals surface area contributed by atoms with Gasteiger partial charge in [0.05, 0.1) is 25.7 Å². The van der Waals surface area contributed by atoms with Gasteiger partial charge in [-0.3, -0.25) is 4.79 Å². The number of carbonyl (C=O) groups is 1. The summed E-state index contributed by atoms with van der Waals surface area (Å²) in [5, 5.41) is 3.58. The standard InChI is InChI=1S/C24H26FN5O3S/c1-32-19-7-8-20(21(15-19)33-2)28-22(31)16-34-24-23(26-9-10-27-24)30-13-11-29(12-14-30)18-5-3-17(25)4-6-18/h3-10,15H,11-14,16H2,1-2H3,(H,28,31). The Hall–Kier alpha value is -3.53. The first-order valence-electron chi connectivity index (χ1n) is 10.8. The Morgan fingerprint density at radius 3 is 2.41 bits per heavy atom. The molecule has 0 saturated carbocycles. The average molecular weight is 484 g/mol. The van der Waals surface area contributed by atoms with Crippen molar-refractivity contribution in [2.75, 3.05) is 61.3 Å². The van der Waals surface area contributed by atoms with Gasteiger partial charge in [-0.15, -0.1) is 0 Å². The molecule has 0 spiro atoms. The number of piperazine rings is 1. The number of anilines is 3. The molecule has 0 radical (unpaired) electrons. The molecule has 1 aliphatic rings. The summed E-state index contributed by atoms with van der Waals surface area (Å²) >= 11 is 1.34. The number of aromatic nitrogens is 2. The van der Waals surface area contributed by atoms with E-state index in [0.717, 1.165) is 37.7 Å². The Morgan fingerprint density at radius 1 is 1.00 bits per heavy atom. The zero-order chi connectivity index (χ0) is 23.9. The van der Waals surface area contributed by atoms with E-state index in [1.54, 1.807) is 56.9 Å². The number of rotatable bonds is 8. The third-order valence-corrected chi connectivity index (χ3v) is 6.41. The molecule has 0 unspecified atom stereocenters. The van der Waals surface area contributed by atoms with E-state index in [4.69, 9.17) is 9.47 Å². The van der Waals surface area contributed by atoms with E-state index in [-0.39, 0.29) is 17.5 Å². The van der Waals surface area contributed by atoms with Gasteiger partial charge >= 0.3 is 0 Å². The van der Waals surface area contributed by atoms with Gasteiger partial charge in [0.25, 0.3) is 0 Å². The van der Waals surface area contributed by atoms with Crippen LogP contribution >= 0.6 is 11.8 Å². The number of amides is 1. The molecule has 3 aromatic rings. The van der Waals surface area contributed by atoms with Gasteiger partial charge in [0.2, 0.25) is 5.91 Å². The van der Waals surface area contributed by atoms with E-state index < -0.39 is 0 Å². The summed E-state index contributed by atoms with van der Waals surface area (Å²) in [6.07, 6.45) is 3.29. The number of thioether (sulfide) groups is 1. The van der Waals surface area contributed by atoms with Crippen LogP contribution in [0.2, 0.25) is 0 Å². The maximum atomic E-state index is 13.2. The van der Waals surface area contributed by atoms with Crippen molar-refractivity contribution < 1.29 is 18.7 Å². The largest absolute Gasteiger partial charge is 0.497 e. The van der Waals surface area contributed by atoms with Crippen molar-refractivity contribution in [1.29, 1.82) is 0 Å². The number of hydrogen-bond donors (Lipinski definition) is 1. The molecule has 1 saturated heterocycles. The minimum absolute atomic E-state index is 0.175. The zero-order valence-electron chi connectivity index (χ0n) is 19.0. The lowest BCUT2D eigenvalue weighted by Gasteiger charge is -2.37. The first-order chi connectivity index (χ1) is 16.6. The molecule has 178 valence electrons. The highest BCUT2D eigenvalue weighted by Gasteiger charge is 2.22. The van der Waals surface area contributed by atoms with E-state index in [9.17, 15) is 9.18 Å².